The number of carbonyl (C=O) groups is 1. The zero-order chi connectivity index (χ0) is 37.4. The van der Waals surface area contributed by atoms with Crippen LogP contribution >= 0.6 is 0 Å². The van der Waals surface area contributed by atoms with Gasteiger partial charge in [0.05, 0.1) is 24.5 Å². The molecule has 4 aliphatic heterocycles. The minimum Gasteiger partial charge on any atom is -0.490 e. The number of halogens is 1. The second-order valence-corrected chi connectivity index (χ2v) is 16.3. The Morgan fingerprint density at radius 1 is 1.07 bits per heavy atom. The predicted octanol–water partition coefficient (Wildman–Crippen LogP) is 4.87. The first-order valence-electron chi connectivity index (χ1n) is 19.9. The first-order chi connectivity index (χ1) is 26.2. The Morgan fingerprint density at radius 2 is 1.91 bits per heavy atom. The lowest BCUT2D eigenvalue weighted by Crippen LogP contribution is -2.65. The van der Waals surface area contributed by atoms with Crippen molar-refractivity contribution in [3.8, 4) is 17.2 Å². The fraction of sp³-hybridized carbons (Fsp3) is 0.610. The van der Waals surface area contributed by atoms with Crippen LogP contribution in [0.1, 0.15) is 68.1 Å². The predicted molar refractivity (Wildman–Crippen MR) is 204 cm³/mol. The summed E-state index contributed by atoms with van der Waals surface area (Å²) in [6.07, 6.45) is 10.8. The molecule has 3 saturated heterocycles. The van der Waals surface area contributed by atoms with E-state index in [1.54, 1.807) is 11.1 Å². The minimum absolute atomic E-state index is 0.0380. The number of hydrogen-bond donors (Lipinski definition) is 0. The molecular formula is C41H55FN8O4. The molecule has 1 aromatic carbocycles. The van der Waals surface area contributed by atoms with Crippen molar-refractivity contribution >= 4 is 11.7 Å². The highest BCUT2D eigenvalue weighted by atomic mass is 19.1. The van der Waals surface area contributed by atoms with Crippen molar-refractivity contribution in [2.45, 2.75) is 83.7 Å². The molecule has 8 rings (SSSR count). The number of ether oxygens (including phenoxy) is 3. The number of amides is 1. The number of piperidine rings is 1. The summed E-state index contributed by atoms with van der Waals surface area (Å²) in [6, 6.07) is 6.64. The Labute approximate surface area is 318 Å². The number of likely N-dealkylation sites (N-methyl/N-ethyl adjacent to an activating group) is 1. The number of aromatic nitrogens is 3. The molecule has 12 nitrogen and oxygen atoms in total. The summed E-state index contributed by atoms with van der Waals surface area (Å²) in [4.78, 5) is 38.4. The van der Waals surface area contributed by atoms with Crippen LogP contribution in [0, 0.1) is 11.2 Å². The summed E-state index contributed by atoms with van der Waals surface area (Å²) in [5.74, 6) is 1.61. The van der Waals surface area contributed by atoms with Crippen molar-refractivity contribution in [3.63, 3.8) is 0 Å². The Bertz CT molecular complexity index is 1800. The topological polar surface area (TPSA) is 99.6 Å². The molecule has 54 heavy (non-hydrogen) atoms. The van der Waals surface area contributed by atoms with Crippen LogP contribution in [0.2, 0.25) is 0 Å². The average Bonchev–Trinajstić information content (AvgIpc) is 3.13. The van der Waals surface area contributed by atoms with E-state index in [2.05, 4.69) is 36.6 Å². The molecule has 1 amide bonds. The van der Waals surface area contributed by atoms with E-state index in [4.69, 9.17) is 19.2 Å². The van der Waals surface area contributed by atoms with Crippen molar-refractivity contribution in [2.24, 2.45) is 5.41 Å². The van der Waals surface area contributed by atoms with E-state index < -0.39 is 5.82 Å². The normalized spacial score (nSPS) is 23.0. The zero-order valence-corrected chi connectivity index (χ0v) is 32.3. The maximum atomic E-state index is 14.4. The van der Waals surface area contributed by atoms with E-state index in [9.17, 15) is 9.18 Å². The molecule has 1 aliphatic carbocycles. The largest absolute Gasteiger partial charge is 0.490 e. The van der Waals surface area contributed by atoms with Gasteiger partial charge in [0.25, 0.3) is 5.91 Å². The number of hydrogen-bond acceptors (Lipinski definition) is 11. The van der Waals surface area contributed by atoms with Gasteiger partial charge in [-0.2, -0.15) is 0 Å². The Balaban J connectivity index is 0.839. The molecule has 1 saturated carbocycles. The number of fused-ring (bicyclic) bond motifs is 2. The molecule has 0 radical (unpaired) electrons. The van der Waals surface area contributed by atoms with Crippen LogP contribution in [0.3, 0.4) is 0 Å². The van der Waals surface area contributed by atoms with Gasteiger partial charge in [-0.15, -0.1) is 0 Å². The molecule has 0 N–H and O–H groups in total. The van der Waals surface area contributed by atoms with Crippen LogP contribution in [0.4, 0.5) is 10.2 Å². The van der Waals surface area contributed by atoms with E-state index >= 15 is 0 Å². The molecule has 13 heteroatoms. The van der Waals surface area contributed by atoms with E-state index in [1.165, 1.54) is 42.2 Å². The number of morpholine rings is 1. The van der Waals surface area contributed by atoms with Crippen LogP contribution in [0.25, 0.3) is 0 Å². The van der Waals surface area contributed by atoms with E-state index in [1.807, 2.05) is 33.0 Å². The Kier molecular flexibility index (Phi) is 10.8. The number of carbonyl (C=O) groups excluding carboxylic acids is 1. The summed E-state index contributed by atoms with van der Waals surface area (Å²) in [5.41, 5.74) is 2.76. The standard InChI is InChI=1S/C41H55FN8O4/c1-5-50(28(2)3)40(51)31-19-29(42)7-8-35(31)54-37-22-43-27-45-39(37)49-25-41(26-49)20-30(21-41)53-36-9-12-44-33-10-15-47(23-32(33)36)13-6-14-48-16-11-34-38(24-48)52-18-17-46(34)4/h7-9,12,19,22,27-28,30,34,38H,5-6,10-11,13-18,20-21,23-26H2,1-4H3/t34-,38-/m0/s1. The van der Waals surface area contributed by atoms with Gasteiger partial charge in [-0.25, -0.2) is 14.4 Å². The monoisotopic (exact) mass is 742 g/mol. The molecule has 290 valence electrons. The summed E-state index contributed by atoms with van der Waals surface area (Å²) >= 11 is 0. The summed E-state index contributed by atoms with van der Waals surface area (Å²) in [7, 11) is 2.24. The highest BCUT2D eigenvalue weighted by Gasteiger charge is 2.54. The van der Waals surface area contributed by atoms with E-state index in [0.29, 0.717) is 30.3 Å². The zero-order valence-electron chi connectivity index (χ0n) is 32.3. The molecular weight excluding hydrogens is 688 g/mol. The lowest BCUT2D eigenvalue weighted by atomic mass is 9.61. The summed E-state index contributed by atoms with van der Waals surface area (Å²) in [6.45, 7) is 16.2. The van der Waals surface area contributed by atoms with Crippen LogP contribution in [-0.2, 0) is 17.7 Å². The highest BCUT2D eigenvalue weighted by molar-refractivity contribution is 5.97. The third-order valence-corrected chi connectivity index (χ3v) is 12.3. The SMILES string of the molecule is CCN(C(=O)c1cc(F)ccc1Oc1cncnc1N1CC2(CC(Oc3ccnc4c3CN(CCCN3CC[C@H]5[C@H](C3)OCCN5C)CC4)C2)C1)C(C)C. The van der Waals surface area contributed by atoms with Crippen molar-refractivity contribution < 1.29 is 23.4 Å². The molecule has 0 unspecified atom stereocenters. The van der Waals surface area contributed by atoms with Crippen LogP contribution in [-0.4, -0.2) is 137 Å². The van der Waals surface area contributed by atoms with Gasteiger partial charge in [-0.3, -0.25) is 19.6 Å². The number of rotatable bonds is 12. The van der Waals surface area contributed by atoms with Gasteiger partial charge >= 0.3 is 0 Å². The molecule has 3 aromatic rings. The fourth-order valence-corrected chi connectivity index (χ4v) is 9.37. The number of likely N-dealkylation sites (tertiary alicyclic amines) is 1. The minimum atomic E-state index is -0.490. The van der Waals surface area contributed by atoms with Crippen LogP contribution in [0.15, 0.2) is 43.0 Å². The quantitative estimate of drug-likeness (QED) is 0.254. The Hall–Kier alpha value is -3.91. The Morgan fingerprint density at radius 3 is 2.72 bits per heavy atom. The molecule has 4 fully saturated rings. The lowest BCUT2D eigenvalue weighted by molar-refractivity contribution is -0.0963. The van der Waals surface area contributed by atoms with E-state index in [-0.39, 0.29) is 34.8 Å². The van der Waals surface area contributed by atoms with E-state index in [0.717, 1.165) is 96.9 Å². The summed E-state index contributed by atoms with van der Waals surface area (Å²) < 4.78 is 33.5. The maximum absolute atomic E-state index is 14.4. The van der Waals surface area contributed by atoms with Crippen molar-refractivity contribution in [1.29, 1.82) is 0 Å². The molecule has 0 bridgehead atoms. The highest BCUT2D eigenvalue weighted by Crippen LogP contribution is 2.52. The third kappa shape index (κ3) is 7.65. The smallest absolute Gasteiger partial charge is 0.257 e. The molecule has 2 atom stereocenters. The number of anilines is 1. The molecule has 1 spiro atoms. The second-order valence-electron chi connectivity index (χ2n) is 16.3. The third-order valence-electron chi connectivity index (χ3n) is 12.3. The summed E-state index contributed by atoms with van der Waals surface area (Å²) in [5, 5.41) is 0. The number of pyridine rings is 1. The number of nitrogens with zero attached hydrogens (tertiary/aromatic N) is 8. The first kappa shape index (κ1) is 37.0. The fourth-order valence-electron chi connectivity index (χ4n) is 9.37. The maximum Gasteiger partial charge on any atom is 0.257 e. The second kappa shape index (κ2) is 15.7. The number of benzene rings is 1. The van der Waals surface area contributed by atoms with Gasteiger partial charge < -0.3 is 28.9 Å². The average molecular weight is 743 g/mol. The van der Waals surface area contributed by atoms with Gasteiger partial charge in [-0.05, 0) is 97.4 Å². The van der Waals surface area contributed by atoms with Crippen LogP contribution < -0.4 is 14.4 Å². The van der Waals surface area contributed by atoms with Gasteiger partial charge in [0.15, 0.2) is 11.6 Å². The van der Waals surface area contributed by atoms with Gasteiger partial charge in [-0.1, -0.05) is 0 Å². The van der Waals surface area contributed by atoms with Crippen LogP contribution in [0.5, 0.6) is 17.2 Å². The molecule has 5 aliphatic rings. The van der Waals surface area contributed by atoms with Crippen molar-refractivity contribution in [2.75, 3.05) is 77.5 Å². The van der Waals surface area contributed by atoms with Gasteiger partial charge in [0.2, 0.25) is 0 Å². The van der Waals surface area contributed by atoms with Gasteiger partial charge in [0, 0.05) is 87.2 Å². The van der Waals surface area contributed by atoms with Crippen molar-refractivity contribution in [1.82, 2.24) is 34.6 Å². The molecule has 2 aromatic heterocycles. The molecule has 6 heterocycles. The lowest BCUT2D eigenvalue weighted by Gasteiger charge is -2.59. The first-order valence-corrected chi connectivity index (χ1v) is 19.9. The van der Waals surface area contributed by atoms with Crippen molar-refractivity contribution in [3.05, 3.63) is 65.6 Å². The van der Waals surface area contributed by atoms with Gasteiger partial charge in [0.1, 0.15) is 29.7 Å².